The van der Waals surface area contributed by atoms with Gasteiger partial charge >= 0.3 is 0 Å². The summed E-state index contributed by atoms with van der Waals surface area (Å²) in [5.41, 5.74) is 3.06. The van der Waals surface area contributed by atoms with Crippen molar-refractivity contribution in [2.24, 2.45) is 0 Å². The van der Waals surface area contributed by atoms with Crippen molar-refractivity contribution in [2.45, 2.75) is 45.7 Å². The van der Waals surface area contributed by atoms with Crippen molar-refractivity contribution in [1.29, 1.82) is 0 Å². The molecule has 0 aromatic carbocycles. The Morgan fingerprint density at radius 1 is 1.07 bits per heavy atom. The zero-order valence-electron chi connectivity index (χ0n) is 15.8. The van der Waals surface area contributed by atoms with Crippen LogP contribution >= 0.6 is 0 Å². The van der Waals surface area contributed by atoms with Gasteiger partial charge in [-0.15, -0.1) is 0 Å². The Morgan fingerprint density at radius 2 is 2.00 bits per heavy atom. The van der Waals surface area contributed by atoms with Crippen molar-refractivity contribution in [3.63, 3.8) is 0 Å². The van der Waals surface area contributed by atoms with Gasteiger partial charge in [0.05, 0.1) is 6.04 Å². The smallest absolute Gasteiger partial charge is 0.148 e. The molecule has 0 saturated carbocycles. The van der Waals surface area contributed by atoms with Gasteiger partial charge in [0.25, 0.3) is 0 Å². The second kappa shape index (κ2) is 7.84. The third-order valence-electron chi connectivity index (χ3n) is 4.86. The number of aromatic nitrogens is 5. The molecular weight excluding hydrogens is 338 g/mol. The van der Waals surface area contributed by atoms with Gasteiger partial charge in [0, 0.05) is 35.9 Å². The molecule has 2 N–H and O–H groups in total. The molecule has 3 aromatic heterocycles. The second-order valence-corrected chi connectivity index (χ2v) is 7.11. The molecule has 1 atom stereocenters. The Kier molecular flexibility index (Phi) is 5.11. The molecule has 1 aliphatic heterocycles. The highest BCUT2D eigenvalue weighted by Crippen LogP contribution is 2.31. The topological polar surface area (TPSA) is 82.6 Å². The average Bonchev–Trinajstić information content (AvgIpc) is 3.15. The lowest BCUT2D eigenvalue weighted by molar-refractivity contribution is 0.132. The largest absolute Gasteiger partial charge is 0.325 e. The maximum absolute atomic E-state index is 4.83. The SMILES string of the molecule is Cc1cccc(Nc2cc(C)nc(C3CCCCN3Cc3ccn[nH]3)n2)n1. The minimum absolute atomic E-state index is 0.216. The van der Waals surface area contributed by atoms with Crippen LogP contribution in [0.1, 0.15) is 48.2 Å². The number of piperidine rings is 1. The number of likely N-dealkylation sites (tertiary alicyclic amines) is 1. The molecule has 3 aromatic rings. The van der Waals surface area contributed by atoms with Crippen molar-refractivity contribution in [3.05, 3.63) is 59.4 Å². The molecule has 0 radical (unpaired) electrons. The number of anilines is 2. The van der Waals surface area contributed by atoms with Gasteiger partial charge in [-0.05, 0) is 51.4 Å². The van der Waals surface area contributed by atoms with Gasteiger partial charge in [-0.1, -0.05) is 12.5 Å². The predicted octanol–water partition coefficient (Wildman–Crippen LogP) is 3.68. The molecule has 0 spiro atoms. The van der Waals surface area contributed by atoms with Crippen LogP contribution in [-0.4, -0.2) is 36.6 Å². The molecule has 7 nitrogen and oxygen atoms in total. The fraction of sp³-hybridized carbons (Fsp3) is 0.400. The van der Waals surface area contributed by atoms with Crippen LogP contribution in [0, 0.1) is 13.8 Å². The van der Waals surface area contributed by atoms with Gasteiger partial charge in [-0.2, -0.15) is 5.10 Å². The number of hydrogen-bond donors (Lipinski definition) is 2. The van der Waals surface area contributed by atoms with Gasteiger partial charge in [-0.3, -0.25) is 10.00 Å². The van der Waals surface area contributed by atoms with Gasteiger partial charge in [0.2, 0.25) is 0 Å². The molecule has 0 bridgehead atoms. The average molecular weight is 363 g/mol. The highest BCUT2D eigenvalue weighted by atomic mass is 15.2. The van der Waals surface area contributed by atoms with E-state index in [4.69, 9.17) is 9.97 Å². The Bertz CT molecular complexity index is 891. The van der Waals surface area contributed by atoms with Crippen LogP contribution in [0.5, 0.6) is 0 Å². The summed E-state index contributed by atoms with van der Waals surface area (Å²) in [6.45, 7) is 5.88. The van der Waals surface area contributed by atoms with Crippen LogP contribution in [0.2, 0.25) is 0 Å². The number of H-pyrrole nitrogens is 1. The van der Waals surface area contributed by atoms with E-state index in [-0.39, 0.29) is 6.04 Å². The van der Waals surface area contributed by atoms with Crippen LogP contribution < -0.4 is 5.32 Å². The van der Waals surface area contributed by atoms with Crippen molar-refractivity contribution in [1.82, 2.24) is 30.0 Å². The van der Waals surface area contributed by atoms with Crippen molar-refractivity contribution < 1.29 is 0 Å². The number of nitrogens with zero attached hydrogens (tertiary/aromatic N) is 5. The zero-order valence-corrected chi connectivity index (χ0v) is 15.8. The molecule has 1 saturated heterocycles. The summed E-state index contributed by atoms with van der Waals surface area (Å²) < 4.78 is 0. The van der Waals surface area contributed by atoms with Gasteiger partial charge in [0.1, 0.15) is 17.5 Å². The Labute approximate surface area is 159 Å². The summed E-state index contributed by atoms with van der Waals surface area (Å²) >= 11 is 0. The van der Waals surface area contributed by atoms with E-state index in [0.29, 0.717) is 0 Å². The third kappa shape index (κ3) is 4.31. The van der Waals surface area contributed by atoms with E-state index in [1.807, 2.05) is 44.2 Å². The third-order valence-corrected chi connectivity index (χ3v) is 4.86. The minimum Gasteiger partial charge on any atom is -0.325 e. The van der Waals surface area contributed by atoms with Gasteiger partial charge in [0.15, 0.2) is 0 Å². The quantitative estimate of drug-likeness (QED) is 0.719. The van der Waals surface area contributed by atoms with E-state index in [2.05, 4.69) is 25.4 Å². The summed E-state index contributed by atoms with van der Waals surface area (Å²) in [6, 6.07) is 10.1. The molecule has 27 heavy (non-hydrogen) atoms. The number of pyridine rings is 1. The number of hydrogen-bond acceptors (Lipinski definition) is 6. The van der Waals surface area contributed by atoms with Gasteiger partial charge < -0.3 is 5.32 Å². The predicted molar refractivity (Wildman–Crippen MR) is 105 cm³/mol. The van der Waals surface area contributed by atoms with Crippen LogP contribution in [0.4, 0.5) is 11.6 Å². The molecule has 1 fully saturated rings. The highest BCUT2D eigenvalue weighted by molar-refractivity contribution is 5.52. The summed E-state index contributed by atoms with van der Waals surface area (Å²) in [5.74, 6) is 2.48. The molecule has 0 amide bonds. The Balaban J connectivity index is 1.58. The summed E-state index contributed by atoms with van der Waals surface area (Å²) in [4.78, 5) is 16.5. The van der Waals surface area contributed by atoms with E-state index in [0.717, 1.165) is 54.1 Å². The van der Waals surface area contributed by atoms with E-state index in [1.165, 1.54) is 12.8 Å². The fourth-order valence-corrected chi connectivity index (χ4v) is 3.61. The fourth-order valence-electron chi connectivity index (χ4n) is 3.61. The van der Waals surface area contributed by atoms with E-state index in [9.17, 15) is 0 Å². The summed E-state index contributed by atoms with van der Waals surface area (Å²) in [5, 5.41) is 10.5. The highest BCUT2D eigenvalue weighted by Gasteiger charge is 2.27. The van der Waals surface area contributed by atoms with Crippen molar-refractivity contribution in [3.8, 4) is 0 Å². The lowest BCUT2D eigenvalue weighted by Crippen LogP contribution is -2.34. The number of nitrogens with one attached hydrogen (secondary N) is 2. The van der Waals surface area contributed by atoms with E-state index >= 15 is 0 Å². The maximum Gasteiger partial charge on any atom is 0.148 e. The maximum atomic E-state index is 4.83. The molecule has 4 heterocycles. The molecule has 1 unspecified atom stereocenters. The Hall–Kier alpha value is -2.80. The monoisotopic (exact) mass is 363 g/mol. The molecule has 140 valence electrons. The Morgan fingerprint density at radius 3 is 2.81 bits per heavy atom. The molecule has 0 aliphatic carbocycles. The molecule has 7 heteroatoms. The van der Waals surface area contributed by atoms with Crippen molar-refractivity contribution >= 4 is 11.6 Å². The summed E-state index contributed by atoms with van der Waals surface area (Å²) in [7, 11) is 0. The van der Waals surface area contributed by atoms with E-state index in [1.54, 1.807) is 6.20 Å². The first-order valence-corrected chi connectivity index (χ1v) is 9.46. The zero-order chi connectivity index (χ0) is 18.6. The lowest BCUT2D eigenvalue weighted by Gasteiger charge is -2.34. The molecule has 4 rings (SSSR count). The second-order valence-electron chi connectivity index (χ2n) is 7.11. The first kappa shape index (κ1) is 17.6. The lowest BCUT2D eigenvalue weighted by atomic mass is 10.0. The van der Waals surface area contributed by atoms with Gasteiger partial charge in [-0.25, -0.2) is 15.0 Å². The molecule has 1 aliphatic rings. The number of aromatic amines is 1. The van der Waals surface area contributed by atoms with Crippen molar-refractivity contribution in [2.75, 3.05) is 11.9 Å². The molecular formula is C20H25N7. The van der Waals surface area contributed by atoms with Crippen LogP contribution in [0.3, 0.4) is 0 Å². The number of aryl methyl sites for hydroxylation is 2. The van der Waals surface area contributed by atoms with Crippen LogP contribution in [0.25, 0.3) is 0 Å². The first-order chi connectivity index (χ1) is 13.2. The van der Waals surface area contributed by atoms with Crippen LogP contribution in [-0.2, 0) is 6.54 Å². The first-order valence-electron chi connectivity index (χ1n) is 9.46. The summed E-state index contributed by atoms with van der Waals surface area (Å²) in [6.07, 6.45) is 5.27. The standard InChI is InChI=1S/C20H25N7/c1-14-6-5-8-18(22-14)24-19-12-15(2)23-20(25-19)17-7-3-4-11-27(17)13-16-9-10-21-26-16/h5-6,8-10,12,17H,3-4,7,11,13H2,1-2H3,(H,21,26)(H,22,23,24,25). The normalized spacial score (nSPS) is 17.8. The number of rotatable bonds is 5. The van der Waals surface area contributed by atoms with E-state index < -0.39 is 0 Å². The van der Waals surface area contributed by atoms with Crippen LogP contribution in [0.15, 0.2) is 36.5 Å². The minimum atomic E-state index is 0.216.